The molecule has 1 aromatic rings. The summed E-state index contributed by atoms with van der Waals surface area (Å²) >= 11 is 0. The minimum absolute atomic E-state index is 0.110. The summed E-state index contributed by atoms with van der Waals surface area (Å²) in [6.45, 7) is 5.72. The smallest absolute Gasteiger partial charge is 0.170 e. The monoisotopic (exact) mass is 259 g/mol. The van der Waals surface area contributed by atoms with Crippen molar-refractivity contribution in [3.05, 3.63) is 47.5 Å². The van der Waals surface area contributed by atoms with Crippen LogP contribution in [0.3, 0.4) is 0 Å². The molecular weight excluding hydrogens is 242 g/mol. The molecule has 19 heavy (non-hydrogen) atoms. The molecule has 1 unspecified atom stereocenters. The van der Waals surface area contributed by atoms with Crippen LogP contribution >= 0.6 is 0 Å². The first-order chi connectivity index (χ1) is 9.01. The van der Waals surface area contributed by atoms with E-state index in [-0.39, 0.29) is 18.0 Å². The van der Waals surface area contributed by atoms with E-state index in [1.165, 1.54) is 7.11 Å². The van der Waals surface area contributed by atoms with E-state index in [0.29, 0.717) is 17.5 Å². The van der Waals surface area contributed by atoms with Crippen molar-refractivity contribution in [2.45, 2.75) is 25.3 Å². The molecule has 2 rings (SSSR count). The summed E-state index contributed by atoms with van der Waals surface area (Å²) in [4.78, 5) is 29.4. The SMILES string of the molecule is C=C(C)CC1(NOC)C(=O)CC(=O)c2ccccc21. The Morgan fingerprint density at radius 2 is 2.11 bits per heavy atom. The number of nitrogens with one attached hydrogen (secondary N) is 1. The van der Waals surface area contributed by atoms with Gasteiger partial charge in [-0.3, -0.25) is 9.59 Å². The molecule has 1 aromatic carbocycles. The van der Waals surface area contributed by atoms with Gasteiger partial charge in [-0.2, -0.15) is 5.48 Å². The van der Waals surface area contributed by atoms with Gasteiger partial charge in [0.2, 0.25) is 0 Å². The highest BCUT2D eigenvalue weighted by molar-refractivity contribution is 6.16. The van der Waals surface area contributed by atoms with Crippen LogP contribution in [0.15, 0.2) is 36.4 Å². The number of carbonyl (C=O) groups is 2. The van der Waals surface area contributed by atoms with Crippen LogP contribution in [0.1, 0.15) is 35.7 Å². The highest BCUT2D eigenvalue weighted by atomic mass is 16.6. The third-order valence-electron chi connectivity index (χ3n) is 3.33. The van der Waals surface area contributed by atoms with Gasteiger partial charge in [0.25, 0.3) is 0 Å². The summed E-state index contributed by atoms with van der Waals surface area (Å²) in [6, 6.07) is 7.15. The lowest BCUT2D eigenvalue weighted by molar-refractivity contribution is -0.132. The maximum absolute atomic E-state index is 12.4. The maximum atomic E-state index is 12.4. The molecule has 4 nitrogen and oxygen atoms in total. The first-order valence-electron chi connectivity index (χ1n) is 6.12. The van der Waals surface area contributed by atoms with Crippen molar-refractivity contribution in [2.24, 2.45) is 0 Å². The fraction of sp³-hybridized carbons (Fsp3) is 0.333. The van der Waals surface area contributed by atoms with Crippen molar-refractivity contribution in [2.75, 3.05) is 7.11 Å². The molecule has 0 aromatic heterocycles. The molecule has 4 heteroatoms. The van der Waals surface area contributed by atoms with Gasteiger partial charge in [-0.05, 0) is 18.9 Å². The average Bonchev–Trinajstić information content (AvgIpc) is 2.36. The number of rotatable bonds is 4. The van der Waals surface area contributed by atoms with Gasteiger partial charge in [0.05, 0.1) is 13.5 Å². The molecule has 0 saturated heterocycles. The number of benzene rings is 1. The molecule has 0 spiro atoms. The predicted molar refractivity (Wildman–Crippen MR) is 71.7 cm³/mol. The van der Waals surface area contributed by atoms with Crippen molar-refractivity contribution < 1.29 is 14.4 Å². The summed E-state index contributed by atoms with van der Waals surface area (Å²) in [5, 5.41) is 0. The lowest BCUT2D eigenvalue weighted by atomic mass is 9.72. The lowest BCUT2D eigenvalue weighted by Gasteiger charge is -2.37. The summed E-state index contributed by atoms with van der Waals surface area (Å²) in [5.74, 6) is -0.322. The third kappa shape index (κ3) is 2.25. The van der Waals surface area contributed by atoms with Crippen LogP contribution in [0.2, 0.25) is 0 Å². The van der Waals surface area contributed by atoms with E-state index in [1.807, 2.05) is 13.0 Å². The van der Waals surface area contributed by atoms with Crippen LogP contribution in [-0.2, 0) is 15.2 Å². The van der Waals surface area contributed by atoms with Crippen LogP contribution < -0.4 is 5.48 Å². The highest BCUT2D eigenvalue weighted by Crippen LogP contribution is 2.37. The number of hydrogen-bond acceptors (Lipinski definition) is 4. The zero-order valence-corrected chi connectivity index (χ0v) is 11.2. The first kappa shape index (κ1) is 13.6. The summed E-state index contributed by atoms with van der Waals surface area (Å²) in [6.07, 6.45) is 0.296. The van der Waals surface area contributed by atoms with Gasteiger partial charge < -0.3 is 4.84 Å². The first-order valence-corrected chi connectivity index (χ1v) is 6.12. The summed E-state index contributed by atoms with van der Waals surface area (Å²) < 4.78 is 0. The molecule has 0 heterocycles. The van der Waals surface area contributed by atoms with Crippen molar-refractivity contribution in [3.8, 4) is 0 Å². The number of ketones is 2. The van der Waals surface area contributed by atoms with Crippen molar-refractivity contribution >= 4 is 11.6 Å². The second-order valence-corrected chi connectivity index (χ2v) is 4.91. The maximum Gasteiger partial charge on any atom is 0.170 e. The molecule has 0 bridgehead atoms. The van der Waals surface area contributed by atoms with Crippen molar-refractivity contribution in [1.82, 2.24) is 5.48 Å². The number of Topliss-reactive ketones (excluding diaryl/α,β-unsaturated/α-hetero) is 2. The Labute approximate surface area is 112 Å². The zero-order valence-electron chi connectivity index (χ0n) is 11.2. The Hall–Kier alpha value is -1.78. The van der Waals surface area contributed by atoms with E-state index in [4.69, 9.17) is 4.84 Å². The Morgan fingerprint density at radius 1 is 1.42 bits per heavy atom. The van der Waals surface area contributed by atoms with Crippen molar-refractivity contribution in [3.63, 3.8) is 0 Å². The molecule has 0 saturated carbocycles. The topological polar surface area (TPSA) is 55.4 Å². The van der Waals surface area contributed by atoms with Gasteiger partial charge in [0, 0.05) is 5.56 Å². The summed E-state index contributed by atoms with van der Waals surface area (Å²) in [7, 11) is 1.46. The van der Waals surface area contributed by atoms with E-state index < -0.39 is 5.54 Å². The quantitative estimate of drug-likeness (QED) is 0.511. The van der Waals surface area contributed by atoms with Crippen LogP contribution in [0.4, 0.5) is 0 Å². The molecular formula is C15H17NO3. The number of hydroxylamine groups is 1. The second kappa shape index (κ2) is 5.07. The fourth-order valence-electron chi connectivity index (χ4n) is 2.61. The molecule has 0 fully saturated rings. The molecule has 1 aliphatic carbocycles. The number of carbonyl (C=O) groups excluding carboxylic acids is 2. The largest absolute Gasteiger partial charge is 0.304 e. The molecule has 1 atom stereocenters. The molecule has 0 radical (unpaired) electrons. The van der Waals surface area contributed by atoms with Crippen LogP contribution in [0, 0.1) is 0 Å². The van der Waals surface area contributed by atoms with Crippen LogP contribution in [-0.4, -0.2) is 18.7 Å². The standard InChI is InChI=1S/C15H17NO3/c1-10(2)9-15(16-19-3)12-7-5-4-6-11(12)13(17)8-14(15)18/h4-7,16H,1,8-9H2,2-3H3. The van der Waals surface area contributed by atoms with Crippen molar-refractivity contribution in [1.29, 1.82) is 0 Å². The number of hydrogen-bond donors (Lipinski definition) is 1. The molecule has 0 amide bonds. The Bertz CT molecular complexity index is 550. The van der Waals surface area contributed by atoms with E-state index in [1.54, 1.807) is 18.2 Å². The van der Waals surface area contributed by atoms with Gasteiger partial charge in [0.1, 0.15) is 5.54 Å². The molecule has 1 aliphatic rings. The Balaban J connectivity index is 2.63. The van der Waals surface area contributed by atoms with Crippen LogP contribution in [0.25, 0.3) is 0 Å². The van der Waals surface area contributed by atoms with E-state index in [2.05, 4.69) is 12.1 Å². The van der Waals surface area contributed by atoms with Gasteiger partial charge in [0.15, 0.2) is 11.6 Å². The molecule has 0 aliphatic heterocycles. The Kier molecular flexibility index (Phi) is 3.64. The Morgan fingerprint density at radius 3 is 2.74 bits per heavy atom. The molecule has 100 valence electrons. The minimum Gasteiger partial charge on any atom is -0.304 e. The second-order valence-electron chi connectivity index (χ2n) is 4.91. The molecule has 1 N–H and O–H groups in total. The van der Waals surface area contributed by atoms with Gasteiger partial charge >= 0.3 is 0 Å². The van der Waals surface area contributed by atoms with E-state index in [9.17, 15) is 9.59 Å². The minimum atomic E-state index is -1.01. The van der Waals surface area contributed by atoms with Gasteiger partial charge in [-0.25, -0.2) is 0 Å². The fourth-order valence-corrected chi connectivity index (χ4v) is 2.61. The van der Waals surface area contributed by atoms with Gasteiger partial charge in [-0.15, -0.1) is 6.58 Å². The lowest BCUT2D eigenvalue weighted by Crippen LogP contribution is -2.52. The predicted octanol–water partition coefficient (Wildman–Crippen LogP) is 2.15. The third-order valence-corrected chi connectivity index (χ3v) is 3.33. The zero-order chi connectivity index (χ0) is 14.0. The summed E-state index contributed by atoms with van der Waals surface area (Å²) in [5.41, 5.74) is 3.88. The van der Waals surface area contributed by atoms with Crippen LogP contribution in [0.5, 0.6) is 0 Å². The number of fused-ring (bicyclic) bond motifs is 1. The average molecular weight is 259 g/mol. The normalized spacial score (nSPS) is 22.2. The van der Waals surface area contributed by atoms with E-state index in [0.717, 1.165) is 5.57 Å². The van der Waals surface area contributed by atoms with E-state index >= 15 is 0 Å². The van der Waals surface area contributed by atoms with Gasteiger partial charge in [-0.1, -0.05) is 29.8 Å². The highest BCUT2D eigenvalue weighted by Gasteiger charge is 2.46.